The largest absolute Gasteiger partial charge is 0.497 e. The van der Waals surface area contributed by atoms with Gasteiger partial charge in [0, 0.05) is 19.1 Å². The van der Waals surface area contributed by atoms with Crippen molar-refractivity contribution in [3.05, 3.63) is 29.8 Å². The molecule has 2 saturated carbocycles. The highest BCUT2D eigenvalue weighted by atomic mass is 16.5. The molecule has 20 heavy (non-hydrogen) atoms. The van der Waals surface area contributed by atoms with Crippen molar-refractivity contribution in [1.82, 2.24) is 4.90 Å². The van der Waals surface area contributed by atoms with Gasteiger partial charge in [0.15, 0.2) is 0 Å². The summed E-state index contributed by atoms with van der Waals surface area (Å²) in [5.74, 6) is 1.96. The fourth-order valence-electron chi connectivity index (χ4n) is 3.43. The number of rotatable bonds is 6. The number of nitrogens with zero attached hydrogens (tertiary/aromatic N) is 1. The van der Waals surface area contributed by atoms with Gasteiger partial charge in [-0.05, 0) is 49.3 Å². The molecule has 2 aliphatic carbocycles. The van der Waals surface area contributed by atoms with Crippen molar-refractivity contribution in [2.45, 2.75) is 57.5 Å². The summed E-state index contributed by atoms with van der Waals surface area (Å²) >= 11 is 0. The van der Waals surface area contributed by atoms with Gasteiger partial charge in [0.1, 0.15) is 5.75 Å². The topological polar surface area (TPSA) is 12.5 Å². The maximum atomic E-state index is 5.36. The average molecular weight is 273 g/mol. The molecule has 110 valence electrons. The molecule has 0 aliphatic heterocycles. The zero-order chi connectivity index (χ0) is 13.8. The molecule has 0 bridgehead atoms. The summed E-state index contributed by atoms with van der Waals surface area (Å²) in [5.41, 5.74) is 1.40. The van der Waals surface area contributed by atoms with Crippen molar-refractivity contribution in [2.75, 3.05) is 13.7 Å². The molecule has 0 unspecified atom stereocenters. The standard InChI is InChI=1S/C18H27NO/c1-20-18-9-5-6-16(12-18)14-19(13-15-10-11-15)17-7-3-2-4-8-17/h5-6,9,12,15,17H,2-4,7-8,10-11,13-14H2,1H3. The molecule has 0 aromatic heterocycles. The van der Waals surface area contributed by atoms with Crippen molar-refractivity contribution in [3.8, 4) is 5.75 Å². The molecular weight excluding hydrogens is 246 g/mol. The summed E-state index contributed by atoms with van der Waals surface area (Å²) in [6, 6.07) is 9.41. The fraction of sp³-hybridized carbons (Fsp3) is 0.667. The summed E-state index contributed by atoms with van der Waals surface area (Å²) < 4.78 is 5.36. The van der Waals surface area contributed by atoms with E-state index in [1.54, 1.807) is 7.11 Å². The Labute approximate surface area is 123 Å². The molecule has 1 aromatic rings. The summed E-state index contributed by atoms with van der Waals surface area (Å²) in [4.78, 5) is 2.76. The maximum Gasteiger partial charge on any atom is 0.119 e. The van der Waals surface area contributed by atoms with Crippen LogP contribution >= 0.6 is 0 Å². The lowest BCUT2D eigenvalue weighted by molar-refractivity contribution is 0.141. The first kappa shape index (κ1) is 13.9. The molecule has 0 atom stereocenters. The summed E-state index contributed by atoms with van der Waals surface area (Å²) in [7, 11) is 1.75. The van der Waals surface area contributed by atoms with Gasteiger partial charge in [-0.1, -0.05) is 31.4 Å². The highest BCUT2D eigenvalue weighted by Gasteiger charge is 2.28. The smallest absolute Gasteiger partial charge is 0.119 e. The zero-order valence-corrected chi connectivity index (χ0v) is 12.7. The summed E-state index contributed by atoms with van der Waals surface area (Å²) in [6.45, 7) is 2.40. The van der Waals surface area contributed by atoms with E-state index in [-0.39, 0.29) is 0 Å². The first-order valence-electron chi connectivity index (χ1n) is 8.22. The third-order valence-corrected chi connectivity index (χ3v) is 4.80. The van der Waals surface area contributed by atoms with Crippen LogP contribution < -0.4 is 4.74 Å². The molecule has 0 spiro atoms. The first-order valence-corrected chi connectivity index (χ1v) is 8.22. The Bertz CT molecular complexity index is 421. The molecule has 2 aliphatic rings. The van der Waals surface area contributed by atoms with E-state index < -0.39 is 0 Å². The molecule has 0 heterocycles. The zero-order valence-electron chi connectivity index (χ0n) is 12.7. The normalized spacial score (nSPS) is 20.3. The van der Waals surface area contributed by atoms with Gasteiger partial charge >= 0.3 is 0 Å². The van der Waals surface area contributed by atoms with E-state index in [1.165, 1.54) is 57.1 Å². The van der Waals surface area contributed by atoms with Gasteiger partial charge in [0.25, 0.3) is 0 Å². The number of methoxy groups -OCH3 is 1. The predicted molar refractivity (Wildman–Crippen MR) is 83.0 cm³/mol. The molecule has 0 saturated heterocycles. The molecule has 3 rings (SSSR count). The Hall–Kier alpha value is -1.02. The number of hydrogen-bond donors (Lipinski definition) is 0. The van der Waals surface area contributed by atoms with Gasteiger partial charge in [0.05, 0.1) is 7.11 Å². The lowest BCUT2D eigenvalue weighted by atomic mass is 9.93. The molecule has 2 nitrogen and oxygen atoms in total. The molecule has 0 N–H and O–H groups in total. The van der Waals surface area contributed by atoms with Gasteiger partial charge in [-0.2, -0.15) is 0 Å². The van der Waals surface area contributed by atoms with Crippen molar-refractivity contribution in [1.29, 1.82) is 0 Å². The second-order valence-electron chi connectivity index (χ2n) is 6.52. The van der Waals surface area contributed by atoms with Crippen LogP contribution in [-0.4, -0.2) is 24.6 Å². The molecule has 1 aromatic carbocycles. The maximum absolute atomic E-state index is 5.36. The van der Waals surface area contributed by atoms with E-state index in [9.17, 15) is 0 Å². The van der Waals surface area contributed by atoms with Gasteiger partial charge in [0.2, 0.25) is 0 Å². The van der Waals surface area contributed by atoms with Gasteiger partial charge < -0.3 is 4.74 Å². The van der Waals surface area contributed by atoms with Crippen LogP contribution in [0, 0.1) is 5.92 Å². The minimum Gasteiger partial charge on any atom is -0.497 e. The molecule has 2 fully saturated rings. The predicted octanol–water partition coefficient (Wildman–Crippen LogP) is 4.24. The number of ether oxygens (including phenoxy) is 1. The Morgan fingerprint density at radius 1 is 1.10 bits per heavy atom. The average Bonchev–Trinajstić information content (AvgIpc) is 3.32. The van der Waals surface area contributed by atoms with Crippen LogP contribution in [0.1, 0.15) is 50.5 Å². The molecule has 2 heteroatoms. The van der Waals surface area contributed by atoms with Crippen molar-refractivity contribution < 1.29 is 4.74 Å². The van der Waals surface area contributed by atoms with Crippen LogP contribution in [0.4, 0.5) is 0 Å². The number of benzene rings is 1. The van der Waals surface area contributed by atoms with Crippen LogP contribution in [-0.2, 0) is 6.54 Å². The Morgan fingerprint density at radius 3 is 2.60 bits per heavy atom. The van der Waals surface area contributed by atoms with E-state index in [0.29, 0.717) is 0 Å². The van der Waals surface area contributed by atoms with Crippen LogP contribution in [0.5, 0.6) is 5.75 Å². The first-order chi connectivity index (χ1) is 9.85. The van der Waals surface area contributed by atoms with E-state index in [1.807, 2.05) is 6.07 Å². The molecular formula is C18H27NO. The van der Waals surface area contributed by atoms with Crippen molar-refractivity contribution in [2.24, 2.45) is 5.92 Å². The Kier molecular flexibility index (Phi) is 4.62. The third-order valence-electron chi connectivity index (χ3n) is 4.80. The number of hydrogen-bond acceptors (Lipinski definition) is 2. The Morgan fingerprint density at radius 2 is 1.90 bits per heavy atom. The van der Waals surface area contributed by atoms with Crippen molar-refractivity contribution in [3.63, 3.8) is 0 Å². The quantitative estimate of drug-likeness (QED) is 0.768. The van der Waals surface area contributed by atoms with Crippen LogP contribution in [0.25, 0.3) is 0 Å². The van der Waals surface area contributed by atoms with E-state index in [4.69, 9.17) is 4.74 Å². The van der Waals surface area contributed by atoms with Gasteiger partial charge in [-0.15, -0.1) is 0 Å². The van der Waals surface area contributed by atoms with Gasteiger partial charge in [-0.3, -0.25) is 4.90 Å². The highest BCUT2D eigenvalue weighted by molar-refractivity contribution is 5.28. The summed E-state index contributed by atoms with van der Waals surface area (Å²) in [6.07, 6.45) is 9.97. The third kappa shape index (κ3) is 3.76. The summed E-state index contributed by atoms with van der Waals surface area (Å²) in [5, 5.41) is 0. The van der Waals surface area contributed by atoms with Crippen LogP contribution in [0.3, 0.4) is 0 Å². The van der Waals surface area contributed by atoms with Gasteiger partial charge in [-0.25, -0.2) is 0 Å². The monoisotopic (exact) mass is 273 g/mol. The van der Waals surface area contributed by atoms with E-state index >= 15 is 0 Å². The lowest BCUT2D eigenvalue weighted by Crippen LogP contribution is -2.37. The lowest BCUT2D eigenvalue weighted by Gasteiger charge is -2.34. The minimum atomic E-state index is 0.815. The molecule has 0 radical (unpaired) electrons. The minimum absolute atomic E-state index is 0.815. The van der Waals surface area contributed by atoms with E-state index in [0.717, 1.165) is 24.3 Å². The van der Waals surface area contributed by atoms with E-state index in [2.05, 4.69) is 23.1 Å². The highest BCUT2D eigenvalue weighted by Crippen LogP contribution is 2.33. The second-order valence-corrected chi connectivity index (χ2v) is 6.52. The second kappa shape index (κ2) is 6.62. The van der Waals surface area contributed by atoms with Crippen molar-refractivity contribution >= 4 is 0 Å². The molecule has 0 amide bonds. The fourth-order valence-corrected chi connectivity index (χ4v) is 3.43. The van der Waals surface area contributed by atoms with Crippen LogP contribution in [0.2, 0.25) is 0 Å². The SMILES string of the molecule is COc1cccc(CN(CC2CC2)C2CCCCC2)c1. The van der Waals surface area contributed by atoms with Crippen LogP contribution in [0.15, 0.2) is 24.3 Å². The Balaban J connectivity index is 1.67.